The smallest absolute Gasteiger partial charge is 0.0366 e. The molecule has 0 atom stereocenters. The van der Waals surface area contributed by atoms with Crippen LogP contribution in [0.15, 0.2) is 36.9 Å². The Labute approximate surface area is 111 Å². The average Bonchev–Trinajstić information content (AvgIpc) is 2.33. The first-order valence-corrected chi connectivity index (χ1v) is 5.97. The molecule has 1 N–H and O–H groups in total. The van der Waals surface area contributed by atoms with Crippen LogP contribution in [0.5, 0.6) is 0 Å². The Kier molecular flexibility index (Phi) is 8.55. The lowest BCUT2D eigenvalue weighted by molar-refractivity contribution is 0.760. The van der Waals surface area contributed by atoms with Crippen molar-refractivity contribution < 1.29 is 0 Å². The zero-order valence-electron chi connectivity index (χ0n) is 10.8. The Balaban J connectivity index is 0.00000256. The summed E-state index contributed by atoms with van der Waals surface area (Å²) < 4.78 is 0. The first-order valence-electron chi connectivity index (χ1n) is 5.97. The Bertz CT molecular complexity index is 305. The van der Waals surface area contributed by atoms with Gasteiger partial charge in [0.1, 0.15) is 0 Å². The van der Waals surface area contributed by atoms with Crippen LogP contribution in [0, 0.1) is 0 Å². The predicted octanol–water partition coefficient (Wildman–Crippen LogP) is 3.23. The quantitative estimate of drug-likeness (QED) is 0.594. The molecule has 0 saturated carbocycles. The number of hydrogen-bond acceptors (Lipinski definition) is 2. The highest BCUT2D eigenvalue weighted by Crippen LogP contribution is 2.14. The third-order valence-corrected chi connectivity index (χ3v) is 2.68. The Morgan fingerprint density at radius 2 is 1.76 bits per heavy atom. The van der Waals surface area contributed by atoms with Crippen LogP contribution in [0.25, 0.3) is 0 Å². The summed E-state index contributed by atoms with van der Waals surface area (Å²) in [5.74, 6) is 0. The molecule has 3 heteroatoms. The molecule has 0 aromatic heterocycles. The lowest BCUT2D eigenvalue weighted by atomic mass is 10.2. The molecule has 1 aromatic rings. The Morgan fingerprint density at radius 3 is 2.24 bits per heavy atom. The van der Waals surface area contributed by atoms with Crippen molar-refractivity contribution in [2.24, 2.45) is 0 Å². The fourth-order valence-corrected chi connectivity index (χ4v) is 1.73. The number of hydrogen-bond donors (Lipinski definition) is 1. The van der Waals surface area contributed by atoms with E-state index >= 15 is 0 Å². The molecule has 2 nitrogen and oxygen atoms in total. The minimum Gasteiger partial charge on any atom is -0.372 e. The molecule has 96 valence electrons. The standard InChI is InChI=1S/C14H22N2.ClH/c1-4-11-15-12-13-7-9-14(10-8-13)16(5-2)6-3;/h4,7-10,15H,1,5-6,11-12H2,2-3H3;1H. The summed E-state index contributed by atoms with van der Waals surface area (Å²) in [6, 6.07) is 8.75. The summed E-state index contributed by atoms with van der Waals surface area (Å²) in [6.45, 7) is 11.9. The molecule has 0 aliphatic heterocycles. The molecule has 0 aliphatic rings. The molecule has 1 rings (SSSR count). The Morgan fingerprint density at radius 1 is 1.18 bits per heavy atom. The monoisotopic (exact) mass is 254 g/mol. The van der Waals surface area contributed by atoms with Crippen LogP contribution in [0.1, 0.15) is 19.4 Å². The summed E-state index contributed by atoms with van der Waals surface area (Å²) in [6.07, 6.45) is 1.88. The van der Waals surface area contributed by atoms with Crippen molar-refractivity contribution in [3.63, 3.8) is 0 Å². The minimum atomic E-state index is 0. The van der Waals surface area contributed by atoms with Crippen LogP contribution in [-0.2, 0) is 6.54 Å². The van der Waals surface area contributed by atoms with Gasteiger partial charge in [0, 0.05) is 31.9 Å². The second-order valence-corrected chi connectivity index (χ2v) is 3.76. The van der Waals surface area contributed by atoms with E-state index in [1.54, 1.807) is 0 Å². The molecular formula is C14H23ClN2. The molecule has 0 bridgehead atoms. The van der Waals surface area contributed by atoms with E-state index in [2.05, 4.69) is 54.9 Å². The van der Waals surface area contributed by atoms with E-state index in [0.717, 1.165) is 26.2 Å². The molecule has 0 unspecified atom stereocenters. The van der Waals surface area contributed by atoms with Crippen LogP contribution in [0.4, 0.5) is 5.69 Å². The summed E-state index contributed by atoms with van der Waals surface area (Å²) in [4.78, 5) is 2.35. The molecule has 17 heavy (non-hydrogen) atoms. The third kappa shape index (κ3) is 5.24. The van der Waals surface area contributed by atoms with Gasteiger partial charge in [0.15, 0.2) is 0 Å². The first-order chi connectivity index (χ1) is 7.81. The van der Waals surface area contributed by atoms with Crippen LogP contribution in [0.2, 0.25) is 0 Å². The number of halogens is 1. The van der Waals surface area contributed by atoms with E-state index < -0.39 is 0 Å². The van der Waals surface area contributed by atoms with Gasteiger partial charge >= 0.3 is 0 Å². The summed E-state index contributed by atoms with van der Waals surface area (Å²) in [5.41, 5.74) is 2.62. The van der Waals surface area contributed by atoms with Crippen LogP contribution >= 0.6 is 12.4 Å². The highest BCUT2D eigenvalue weighted by atomic mass is 35.5. The topological polar surface area (TPSA) is 15.3 Å². The molecule has 0 amide bonds. The highest BCUT2D eigenvalue weighted by Gasteiger charge is 2.00. The van der Waals surface area contributed by atoms with Crippen molar-refractivity contribution in [2.75, 3.05) is 24.5 Å². The van der Waals surface area contributed by atoms with Gasteiger partial charge < -0.3 is 10.2 Å². The van der Waals surface area contributed by atoms with Crippen molar-refractivity contribution in [1.82, 2.24) is 5.32 Å². The molecule has 0 radical (unpaired) electrons. The summed E-state index contributed by atoms with van der Waals surface area (Å²) >= 11 is 0. The number of nitrogens with one attached hydrogen (secondary N) is 1. The van der Waals surface area contributed by atoms with Crippen molar-refractivity contribution >= 4 is 18.1 Å². The van der Waals surface area contributed by atoms with Crippen molar-refractivity contribution in [1.29, 1.82) is 0 Å². The molecule has 0 spiro atoms. The second kappa shape index (κ2) is 9.08. The van der Waals surface area contributed by atoms with Crippen molar-refractivity contribution in [3.05, 3.63) is 42.5 Å². The largest absolute Gasteiger partial charge is 0.372 e. The van der Waals surface area contributed by atoms with E-state index in [0.29, 0.717) is 0 Å². The third-order valence-electron chi connectivity index (χ3n) is 2.68. The van der Waals surface area contributed by atoms with E-state index in [1.807, 2.05) is 6.08 Å². The lowest BCUT2D eigenvalue weighted by Crippen LogP contribution is -2.21. The maximum absolute atomic E-state index is 3.68. The van der Waals surface area contributed by atoms with Gasteiger partial charge in [-0.05, 0) is 31.5 Å². The average molecular weight is 255 g/mol. The second-order valence-electron chi connectivity index (χ2n) is 3.76. The number of nitrogens with zero attached hydrogens (tertiary/aromatic N) is 1. The van der Waals surface area contributed by atoms with Gasteiger partial charge in [0.25, 0.3) is 0 Å². The number of benzene rings is 1. The van der Waals surface area contributed by atoms with Gasteiger partial charge in [0.2, 0.25) is 0 Å². The maximum atomic E-state index is 3.68. The van der Waals surface area contributed by atoms with Gasteiger partial charge in [0.05, 0.1) is 0 Å². The molecule has 0 heterocycles. The summed E-state index contributed by atoms with van der Waals surface area (Å²) in [5, 5.41) is 3.30. The van der Waals surface area contributed by atoms with E-state index in [9.17, 15) is 0 Å². The highest BCUT2D eigenvalue weighted by molar-refractivity contribution is 5.85. The lowest BCUT2D eigenvalue weighted by Gasteiger charge is -2.21. The molecule has 1 aromatic carbocycles. The zero-order chi connectivity index (χ0) is 11.8. The fraction of sp³-hybridized carbons (Fsp3) is 0.429. The number of anilines is 1. The van der Waals surface area contributed by atoms with Gasteiger partial charge in [-0.15, -0.1) is 19.0 Å². The predicted molar refractivity (Wildman–Crippen MR) is 79.2 cm³/mol. The van der Waals surface area contributed by atoms with E-state index in [1.165, 1.54) is 11.3 Å². The van der Waals surface area contributed by atoms with Crippen molar-refractivity contribution in [2.45, 2.75) is 20.4 Å². The minimum absolute atomic E-state index is 0. The SMILES string of the molecule is C=CCNCc1ccc(N(CC)CC)cc1.Cl. The van der Waals surface area contributed by atoms with Gasteiger partial charge in [-0.25, -0.2) is 0 Å². The maximum Gasteiger partial charge on any atom is 0.0366 e. The van der Waals surface area contributed by atoms with Gasteiger partial charge in [-0.1, -0.05) is 18.2 Å². The molecule has 0 aliphatic carbocycles. The fourth-order valence-electron chi connectivity index (χ4n) is 1.73. The zero-order valence-corrected chi connectivity index (χ0v) is 11.6. The van der Waals surface area contributed by atoms with Gasteiger partial charge in [-0.3, -0.25) is 0 Å². The Hall–Kier alpha value is -0.990. The van der Waals surface area contributed by atoms with E-state index in [4.69, 9.17) is 0 Å². The van der Waals surface area contributed by atoms with Crippen molar-refractivity contribution in [3.8, 4) is 0 Å². The first kappa shape index (κ1) is 16.0. The normalized spacial score (nSPS) is 9.53. The van der Waals surface area contributed by atoms with E-state index in [-0.39, 0.29) is 12.4 Å². The van der Waals surface area contributed by atoms with Gasteiger partial charge in [-0.2, -0.15) is 0 Å². The van der Waals surface area contributed by atoms with Crippen LogP contribution in [0.3, 0.4) is 0 Å². The summed E-state index contributed by atoms with van der Waals surface area (Å²) in [7, 11) is 0. The molecule has 0 fully saturated rings. The number of rotatable bonds is 7. The molecular weight excluding hydrogens is 232 g/mol. The van der Waals surface area contributed by atoms with Crippen LogP contribution < -0.4 is 10.2 Å². The van der Waals surface area contributed by atoms with Crippen LogP contribution in [-0.4, -0.2) is 19.6 Å². The molecule has 0 saturated heterocycles.